The molecule has 7 nitrogen and oxygen atoms in total. The monoisotopic (exact) mass is 431 g/mol. The molecule has 3 atom stereocenters. The van der Waals surface area contributed by atoms with Crippen LogP contribution >= 0.6 is 0 Å². The van der Waals surface area contributed by atoms with Crippen molar-refractivity contribution in [3.63, 3.8) is 0 Å². The largest absolute Gasteiger partial charge is 0.490 e. The molecule has 2 aromatic rings. The number of ether oxygens (including phenoxy) is 3. The van der Waals surface area contributed by atoms with Gasteiger partial charge < -0.3 is 19.5 Å². The van der Waals surface area contributed by atoms with Crippen LogP contribution < -0.4 is 30.4 Å². The third-order valence-electron chi connectivity index (χ3n) is 5.08. The Kier molecular flexibility index (Phi) is 7.70. The van der Waals surface area contributed by atoms with Gasteiger partial charge in [-0.25, -0.2) is 9.82 Å². The predicted molar refractivity (Wildman–Crippen MR) is 116 cm³/mol. The standard InChI is InChI=1S/C23H30FN3O4/c1-5-29-18-12-16(13-19(30-6-2)21(18)31-7-3)23(28)25-22-20(14(4)26-27-22)15-8-10-17(24)11-9-15/h8-14,20,22,26-27H,5-7H2,1-4H3,(H,25,28). The lowest BCUT2D eigenvalue weighted by molar-refractivity contribution is 0.0927. The van der Waals surface area contributed by atoms with Crippen LogP contribution in [0.1, 0.15) is 49.5 Å². The maximum Gasteiger partial charge on any atom is 0.252 e. The molecule has 8 heteroatoms. The fraction of sp³-hybridized carbons (Fsp3) is 0.435. The number of rotatable bonds is 9. The summed E-state index contributed by atoms with van der Waals surface area (Å²) in [6.07, 6.45) is -0.384. The molecule has 2 aromatic carbocycles. The van der Waals surface area contributed by atoms with Crippen LogP contribution in [-0.2, 0) is 0 Å². The van der Waals surface area contributed by atoms with Crippen LogP contribution in [0.3, 0.4) is 0 Å². The number of hydrogen-bond acceptors (Lipinski definition) is 6. The third kappa shape index (κ3) is 5.26. The second-order valence-corrected chi connectivity index (χ2v) is 7.21. The van der Waals surface area contributed by atoms with Gasteiger partial charge in [0.25, 0.3) is 5.91 Å². The molecule has 1 heterocycles. The minimum atomic E-state index is -0.384. The Hall–Kier alpha value is -2.84. The van der Waals surface area contributed by atoms with Gasteiger partial charge in [0.2, 0.25) is 5.75 Å². The molecule has 0 saturated carbocycles. The van der Waals surface area contributed by atoms with E-state index >= 15 is 0 Å². The summed E-state index contributed by atoms with van der Waals surface area (Å²) in [5.41, 5.74) is 7.59. The van der Waals surface area contributed by atoms with Gasteiger partial charge >= 0.3 is 0 Å². The molecule has 168 valence electrons. The van der Waals surface area contributed by atoms with E-state index in [-0.39, 0.29) is 29.8 Å². The van der Waals surface area contributed by atoms with Crippen LogP contribution in [-0.4, -0.2) is 37.9 Å². The van der Waals surface area contributed by atoms with Gasteiger partial charge in [0.1, 0.15) is 12.0 Å². The molecule has 3 rings (SSSR count). The van der Waals surface area contributed by atoms with Crippen LogP contribution in [0.15, 0.2) is 36.4 Å². The van der Waals surface area contributed by atoms with Gasteiger partial charge in [-0.1, -0.05) is 12.1 Å². The maximum atomic E-state index is 13.4. The van der Waals surface area contributed by atoms with E-state index in [9.17, 15) is 9.18 Å². The zero-order chi connectivity index (χ0) is 22.4. The third-order valence-corrected chi connectivity index (χ3v) is 5.08. The highest BCUT2D eigenvalue weighted by atomic mass is 19.1. The van der Waals surface area contributed by atoms with Crippen molar-refractivity contribution < 1.29 is 23.4 Å². The number of carbonyl (C=O) groups excluding carboxylic acids is 1. The van der Waals surface area contributed by atoms with E-state index in [0.29, 0.717) is 42.6 Å². The van der Waals surface area contributed by atoms with Crippen molar-refractivity contribution in [2.75, 3.05) is 19.8 Å². The van der Waals surface area contributed by atoms with Gasteiger partial charge in [0.05, 0.1) is 19.8 Å². The first-order chi connectivity index (χ1) is 15.0. The maximum absolute atomic E-state index is 13.4. The molecule has 1 aliphatic rings. The van der Waals surface area contributed by atoms with Crippen molar-refractivity contribution >= 4 is 5.91 Å². The molecule has 1 aliphatic heterocycles. The van der Waals surface area contributed by atoms with E-state index in [1.807, 2.05) is 27.7 Å². The molecule has 1 saturated heterocycles. The molecule has 0 aliphatic carbocycles. The van der Waals surface area contributed by atoms with Crippen LogP contribution in [0.5, 0.6) is 17.2 Å². The van der Waals surface area contributed by atoms with Gasteiger partial charge in [-0.15, -0.1) is 0 Å². The summed E-state index contributed by atoms with van der Waals surface area (Å²) < 4.78 is 30.5. The lowest BCUT2D eigenvalue weighted by atomic mass is 9.91. The average Bonchev–Trinajstić information content (AvgIpc) is 3.11. The van der Waals surface area contributed by atoms with Gasteiger partial charge in [-0.2, -0.15) is 0 Å². The summed E-state index contributed by atoms with van der Waals surface area (Å²) in [5, 5.41) is 3.02. The van der Waals surface area contributed by atoms with Crippen LogP contribution in [0, 0.1) is 5.82 Å². The molecule has 3 N–H and O–H groups in total. The summed E-state index contributed by atoms with van der Waals surface area (Å²) in [6, 6.07) is 9.68. The zero-order valence-corrected chi connectivity index (χ0v) is 18.3. The van der Waals surface area contributed by atoms with E-state index in [4.69, 9.17) is 14.2 Å². The van der Waals surface area contributed by atoms with Crippen molar-refractivity contribution in [2.45, 2.75) is 45.8 Å². The summed E-state index contributed by atoms with van der Waals surface area (Å²) in [4.78, 5) is 13.1. The first-order valence-corrected chi connectivity index (χ1v) is 10.6. The summed E-state index contributed by atoms with van der Waals surface area (Å²) in [6.45, 7) is 8.91. The Bertz CT molecular complexity index is 864. The average molecular weight is 432 g/mol. The van der Waals surface area contributed by atoms with E-state index < -0.39 is 0 Å². The minimum absolute atomic E-state index is 0.0362. The molecule has 0 radical (unpaired) electrons. The topological polar surface area (TPSA) is 80.9 Å². The van der Waals surface area contributed by atoms with E-state index in [1.54, 1.807) is 24.3 Å². The number of nitrogens with one attached hydrogen (secondary N) is 3. The minimum Gasteiger partial charge on any atom is -0.490 e. The number of halogens is 1. The molecule has 3 unspecified atom stereocenters. The predicted octanol–water partition coefficient (Wildman–Crippen LogP) is 3.36. The summed E-state index contributed by atoms with van der Waals surface area (Å²) in [5.74, 6) is 0.747. The molecule has 0 aromatic heterocycles. The lowest BCUT2D eigenvalue weighted by Crippen LogP contribution is -2.46. The quantitative estimate of drug-likeness (QED) is 0.565. The molecular formula is C23H30FN3O4. The van der Waals surface area contributed by atoms with Crippen molar-refractivity contribution in [1.82, 2.24) is 16.2 Å². The molecule has 1 fully saturated rings. The normalized spacial score (nSPS) is 20.4. The second kappa shape index (κ2) is 10.5. The number of amides is 1. The first-order valence-electron chi connectivity index (χ1n) is 10.6. The number of hydrogen-bond donors (Lipinski definition) is 3. The number of hydrazine groups is 1. The Morgan fingerprint density at radius 3 is 2.10 bits per heavy atom. The van der Waals surface area contributed by atoms with E-state index in [2.05, 4.69) is 16.2 Å². The second-order valence-electron chi connectivity index (χ2n) is 7.21. The summed E-state index contributed by atoms with van der Waals surface area (Å²) >= 11 is 0. The van der Waals surface area contributed by atoms with Crippen LogP contribution in [0.25, 0.3) is 0 Å². The molecular weight excluding hydrogens is 401 g/mol. The highest BCUT2D eigenvalue weighted by Gasteiger charge is 2.35. The van der Waals surface area contributed by atoms with Gasteiger partial charge in [-0.3, -0.25) is 10.2 Å². The van der Waals surface area contributed by atoms with Gasteiger partial charge in [0, 0.05) is 17.5 Å². The highest BCUT2D eigenvalue weighted by Crippen LogP contribution is 2.39. The molecule has 1 amide bonds. The number of carbonyl (C=O) groups is 1. The van der Waals surface area contributed by atoms with E-state index in [0.717, 1.165) is 5.56 Å². The highest BCUT2D eigenvalue weighted by molar-refractivity contribution is 5.96. The van der Waals surface area contributed by atoms with Gasteiger partial charge in [0.15, 0.2) is 11.5 Å². The molecule has 0 bridgehead atoms. The smallest absolute Gasteiger partial charge is 0.252 e. The van der Waals surface area contributed by atoms with E-state index in [1.165, 1.54) is 12.1 Å². The SMILES string of the molecule is CCOc1cc(C(=O)NC2NNC(C)C2c2ccc(F)cc2)cc(OCC)c1OCC. The lowest BCUT2D eigenvalue weighted by Gasteiger charge is -2.23. The van der Waals surface area contributed by atoms with Crippen LogP contribution in [0.2, 0.25) is 0 Å². The Morgan fingerprint density at radius 1 is 0.968 bits per heavy atom. The first kappa shape index (κ1) is 22.8. The van der Waals surface area contributed by atoms with Gasteiger partial charge in [-0.05, 0) is 57.5 Å². The van der Waals surface area contributed by atoms with Crippen molar-refractivity contribution in [3.05, 3.63) is 53.3 Å². The zero-order valence-electron chi connectivity index (χ0n) is 18.3. The molecule has 31 heavy (non-hydrogen) atoms. The fourth-order valence-corrected chi connectivity index (χ4v) is 3.73. The Labute approximate surface area is 182 Å². The fourth-order valence-electron chi connectivity index (χ4n) is 3.73. The Balaban J connectivity index is 1.86. The van der Waals surface area contributed by atoms with Crippen molar-refractivity contribution in [1.29, 1.82) is 0 Å². The number of benzene rings is 2. The summed E-state index contributed by atoms with van der Waals surface area (Å²) in [7, 11) is 0. The van der Waals surface area contributed by atoms with Crippen molar-refractivity contribution in [2.24, 2.45) is 0 Å². The Morgan fingerprint density at radius 2 is 1.55 bits per heavy atom. The van der Waals surface area contributed by atoms with Crippen LogP contribution in [0.4, 0.5) is 4.39 Å². The van der Waals surface area contributed by atoms with Crippen molar-refractivity contribution in [3.8, 4) is 17.2 Å². The molecule has 0 spiro atoms.